The van der Waals surface area contributed by atoms with Crippen LogP contribution < -0.4 is 10.2 Å². The number of hydrogen-bond acceptors (Lipinski definition) is 7. The lowest BCUT2D eigenvalue weighted by atomic mass is 10.2. The van der Waals surface area contributed by atoms with Gasteiger partial charge in [0.15, 0.2) is 5.17 Å². The van der Waals surface area contributed by atoms with Crippen LogP contribution in [0.3, 0.4) is 0 Å². The van der Waals surface area contributed by atoms with E-state index in [-0.39, 0.29) is 17.5 Å². The van der Waals surface area contributed by atoms with Gasteiger partial charge in [0.05, 0.1) is 21.5 Å². The maximum absolute atomic E-state index is 11.1. The molecule has 0 aromatic heterocycles. The van der Waals surface area contributed by atoms with Crippen LogP contribution in [0.15, 0.2) is 47.6 Å². The van der Waals surface area contributed by atoms with Crippen molar-refractivity contribution in [3.8, 4) is 18.1 Å². The fourth-order valence-corrected chi connectivity index (χ4v) is 2.13. The zero-order valence-corrected chi connectivity index (χ0v) is 13.8. The molecular weight excluding hydrogens is 364 g/mol. The Bertz CT molecular complexity index is 923. The summed E-state index contributed by atoms with van der Waals surface area (Å²) >= 11 is 6.13. The van der Waals surface area contributed by atoms with Crippen LogP contribution in [0.1, 0.15) is 5.56 Å². The van der Waals surface area contributed by atoms with Crippen molar-refractivity contribution in [3.63, 3.8) is 0 Å². The summed E-state index contributed by atoms with van der Waals surface area (Å²) < 4.78 is 5.35. The van der Waals surface area contributed by atoms with Gasteiger partial charge in [-0.05, 0) is 18.2 Å². The van der Waals surface area contributed by atoms with Crippen molar-refractivity contribution in [3.05, 3.63) is 68.3 Å². The third-order valence-corrected chi connectivity index (χ3v) is 3.37. The molecule has 9 nitrogen and oxygen atoms in total. The molecule has 2 aromatic carbocycles. The van der Waals surface area contributed by atoms with E-state index in [0.717, 1.165) is 12.1 Å². The number of benzene rings is 2. The first-order valence-electron chi connectivity index (χ1n) is 7.01. The van der Waals surface area contributed by atoms with Crippen LogP contribution >= 0.6 is 11.6 Å². The van der Waals surface area contributed by atoms with E-state index in [1.54, 1.807) is 24.3 Å². The minimum Gasteiger partial charge on any atom is -0.480 e. The van der Waals surface area contributed by atoms with Crippen LogP contribution in [0.5, 0.6) is 5.75 Å². The van der Waals surface area contributed by atoms with E-state index in [4.69, 9.17) is 22.8 Å². The Morgan fingerprint density at radius 3 is 2.62 bits per heavy atom. The second kappa shape index (κ2) is 8.46. The number of hydrogen-bond donors (Lipinski definition) is 1. The highest BCUT2D eigenvalue weighted by atomic mass is 35.5. The molecule has 0 aliphatic heterocycles. The minimum atomic E-state index is -0.761. The number of nitro groups is 2. The summed E-state index contributed by atoms with van der Waals surface area (Å²) in [6, 6.07) is 9.80. The maximum atomic E-state index is 11.1. The van der Waals surface area contributed by atoms with Gasteiger partial charge in [0, 0.05) is 6.07 Å². The molecule has 0 aliphatic carbocycles. The molecular formula is C16H11ClN4O5. The quantitative estimate of drug-likeness (QED) is 0.342. The van der Waals surface area contributed by atoms with Gasteiger partial charge in [0.25, 0.3) is 5.69 Å². The van der Waals surface area contributed by atoms with Crippen LogP contribution in [0, 0.1) is 32.6 Å². The number of nitrogens with one attached hydrogen (secondary N) is 1. The van der Waals surface area contributed by atoms with Crippen LogP contribution in [0.4, 0.5) is 17.1 Å². The molecule has 0 bridgehead atoms. The Morgan fingerprint density at radius 1 is 1.23 bits per heavy atom. The molecule has 0 radical (unpaired) electrons. The molecule has 0 amide bonds. The van der Waals surface area contributed by atoms with Gasteiger partial charge in [-0.2, -0.15) is 5.10 Å². The molecule has 2 rings (SSSR count). The van der Waals surface area contributed by atoms with Crippen molar-refractivity contribution in [2.24, 2.45) is 5.10 Å². The Labute approximate surface area is 152 Å². The standard InChI is InChI=1S/C16H11ClN4O5/c1-2-9-26-15-6-4-3-5-12(15)16(17)19-18-13-8-7-11(20(22)23)10-14(13)21(24)25/h1,3-8,10,18H,9H2/b19-16-. The Morgan fingerprint density at radius 2 is 1.96 bits per heavy atom. The number of terminal acetylenes is 1. The van der Waals surface area contributed by atoms with Gasteiger partial charge < -0.3 is 4.74 Å². The van der Waals surface area contributed by atoms with Gasteiger partial charge in [-0.25, -0.2) is 0 Å². The van der Waals surface area contributed by atoms with Crippen molar-refractivity contribution >= 4 is 33.8 Å². The summed E-state index contributed by atoms with van der Waals surface area (Å²) in [5.74, 6) is 2.71. The van der Waals surface area contributed by atoms with Gasteiger partial charge in [-0.15, -0.1) is 6.42 Å². The summed E-state index contributed by atoms with van der Waals surface area (Å²) in [6.45, 7) is 0.0302. The van der Waals surface area contributed by atoms with Gasteiger partial charge in [0.1, 0.15) is 18.0 Å². The van der Waals surface area contributed by atoms with E-state index in [1.807, 2.05) is 0 Å². The zero-order valence-electron chi connectivity index (χ0n) is 13.1. The molecule has 0 spiro atoms. The number of anilines is 1. The van der Waals surface area contributed by atoms with Gasteiger partial charge in [-0.3, -0.25) is 25.7 Å². The van der Waals surface area contributed by atoms with Crippen LogP contribution in [0.25, 0.3) is 0 Å². The average Bonchev–Trinajstić information content (AvgIpc) is 2.64. The number of halogens is 1. The van der Waals surface area contributed by atoms with E-state index in [2.05, 4.69) is 16.4 Å². The van der Waals surface area contributed by atoms with Gasteiger partial charge in [-0.1, -0.05) is 29.7 Å². The highest BCUT2D eigenvalue weighted by molar-refractivity contribution is 6.70. The molecule has 10 heteroatoms. The Hall–Kier alpha value is -3.64. The first kappa shape index (κ1) is 18.7. The summed E-state index contributed by atoms with van der Waals surface area (Å²) in [6.07, 6.45) is 5.15. The molecule has 0 unspecified atom stereocenters. The largest absolute Gasteiger partial charge is 0.480 e. The molecule has 1 N–H and O–H groups in total. The SMILES string of the molecule is C#CCOc1ccccc1/C(Cl)=N/Nc1ccc([N+](=O)[O-])cc1[N+](=O)[O-]. The fraction of sp³-hybridized carbons (Fsp3) is 0.0625. The van der Waals surface area contributed by atoms with E-state index in [1.165, 1.54) is 6.07 Å². The van der Waals surface area contributed by atoms with Gasteiger partial charge >= 0.3 is 5.69 Å². The zero-order chi connectivity index (χ0) is 19.1. The third kappa shape index (κ3) is 4.46. The lowest BCUT2D eigenvalue weighted by Crippen LogP contribution is -2.04. The third-order valence-electron chi connectivity index (χ3n) is 3.08. The highest BCUT2D eigenvalue weighted by Gasteiger charge is 2.19. The normalized spacial score (nSPS) is 10.7. The number of para-hydroxylation sites is 1. The highest BCUT2D eigenvalue weighted by Crippen LogP contribution is 2.29. The van der Waals surface area contributed by atoms with Crippen LogP contribution in [0.2, 0.25) is 0 Å². The maximum Gasteiger partial charge on any atom is 0.301 e. The summed E-state index contributed by atoms with van der Waals surface area (Å²) in [7, 11) is 0. The lowest BCUT2D eigenvalue weighted by molar-refractivity contribution is -0.393. The Balaban J connectivity index is 2.31. The van der Waals surface area contributed by atoms with Gasteiger partial charge in [0.2, 0.25) is 0 Å². The molecule has 0 fully saturated rings. The minimum absolute atomic E-state index is 0.0302. The molecule has 0 heterocycles. The fourth-order valence-electron chi connectivity index (χ4n) is 1.93. The van der Waals surface area contributed by atoms with Crippen molar-refractivity contribution < 1.29 is 14.6 Å². The first-order chi connectivity index (χ1) is 12.4. The van der Waals surface area contributed by atoms with E-state index < -0.39 is 21.2 Å². The molecule has 132 valence electrons. The molecule has 0 saturated carbocycles. The van der Waals surface area contributed by atoms with E-state index in [0.29, 0.717) is 11.3 Å². The Kier molecular flexibility index (Phi) is 6.08. The average molecular weight is 375 g/mol. The number of non-ortho nitro benzene ring substituents is 1. The topological polar surface area (TPSA) is 120 Å². The number of nitro benzene ring substituents is 2. The molecule has 26 heavy (non-hydrogen) atoms. The van der Waals surface area contributed by atoms with E-state index in [9.17, 15) is 20.2 Å². The van der Waals surface area contributed by atoms with Crippen molar-refractivity contribution in [2.45, 2.75) is 0 Å². The summed E-state index contributed by atoms with van der Waals surface area (Å²) in [4.78, 5) is 20.4. The number of hydrazone groups is 1. The smallest absolute Gasteiger partial charge is 0.301 e. The lowest BCUT2D eigenvalue weighted by Gasteiger charge is -2.08. The second-order valence-electron chi connectivity index (χ2n) is 4.72. The van der Waals surface area contributed by atoms with Crippen LogP contribution in [-0.4, -0.2) is 21.6 Å². The van der Waals surface area contributed by atoms with Crippen molar-refractivity contribution in [1.29, 1.82) is 0 Å². The second-order valence-corrected chi connectivity index (χ2v) is 5.08. The molecule has 0 atom stereocenters. The van der Waals surface area contributed by atoms with E-state index >= 15 is 0 Å². The van der Waals surface area contributed by atoms with Crippen molar-refractivity contribution in [2.75, 3.05) is 12.0 Å². The van der Waals surface area contributed by atoms with Crippen LogP contribution in [-0.2, 0) is 0 Å². The molecule has 2 aromatic rings. The molecule has 0 saturated heterocycles. The summed E-state index contributed by atoms with van der Waals surface area (Å²) in [5, 5.41) is 25.7. The molecule has 0 aliphatic rings. The first-order valence-corrected chi connectivity index (χ1v) is 7.39. The monoisotopic (exact) mass is 374 g/mol. The number of rotatable bonds is 7. The predicted molar refractivity (Wildman–Crippen MR) is 96.5 cm³/mol. The van der Waals surface area contributed by atoms with Crippen molar-refractivity contribution in [1.82, 2.24) is 0 Å². The predicted octanol–water partition coefficient (Wildman–Crippen LogP) is 3.53. The summed E-state index contributed by atoms with van der Waals surface area (Å²) in [5.41, 5.74) is 1.88. The number of ether oxygens (including phenoxy) is 1. The number of nitrogens with zero attached hydrogens (tertiary/aromatic N) is 3.